The average Bonchev–Trinajstić information content (AvgIpc) is 2.84. The summed E-state index contributed by atoms with van der Waals surface area (Å²) in [4.78, 5) is 17.3. The topological polar surface area (TPSA) is 68.0 Å². The predicted molar refractivity (Wildman–Crippen MR) is 75.5 cm³/mol. The number of rotatable bonds is 7. The lowest BCUT2D eigenvalue weighted by atomic mass is 10.1. The number of hydrogen-bond donors (Lipinski definition) is 2. The lowest BCUT2D eigenvalue weighted by molar-refractivity contribution is -0.122. The highest BCUT2D eigenvalue weighted by Gasteiger charge is 2.13. The molecule has 3 N–H and O–H groups in total. The van der Waals surface area contributed by atoms with E-state index in [-0.39, 0.29) is 11.9 Å². The van der Waals surface area contributed by atoms with E-state index in [0.717, 1.165) is 17.8 Å². The van der Waals surface area contributed by atoms with Crippen molar-refractivity contribution in [3.8, 4) is 0 Å². The van der Waals surface area contributed by atoms with E-state index in [4.69, 9.17) is 5.73 Å². The van der Waals surface area contributed by atoms with Crippen LogP contribution in [0, 0.1) is 5.92 Å². The van der Waals surface area contributed by atoms with Crippen LogP contribution in [-0.4, -0.2) is 17.4 Å². The fourth-order valence-electron chi connectivity index (χ4n) is 1.56. The molecule has 1 amide bonds. The van der Waals surface area contributed by atoms with Crippen molar-refractivity contribution < 1.29 is 4.79 Å². The first kappa shape index (κ1) is 15.1. The first-order valence-corrected chi connectivity index (χ1v) is 7.32. The van der Waals surface area contributed by atoms with Crippen LogP contribution >= 0.6 is 11.3 Å². The molecule has 0 radical (unpaired) electrons. The summed E-state index contributed by atoms with van der Waals surface area (Å²) in [6.07, 6.45) is 4.26. The van der Waals surface area contributed by atoms with Gasteiger partial charge in [0.1, 0.15) is 5.01 Å². The van der Waals surface area contributed by atoms with Crippen LogP contribution in [-0.2, 0) is 11.2 Å². The van der Waals surface area contributed by atoms with Gasteiger partial charge < -0.3 is 11.1 Å². The minimum Gasteiger partial charge on any atom is -0.347 e. The number of nitrogens with one attached hydrogen (secondary N) is 1. The third-order valence-electron chi connectivity index (χ3n) is 2.93. The van der Waals surface area contributed by atoms with Gasteiger partial charge in [0.2, 0.25) is 5.91 Å². The normalized spacial score (nSPS) is 14.2. The fraction of sp³-hybridized carbons (Fsp3) is 0.692. The zero-order chi connectivity index (χ0) is 13.5. The van der Waals surface area contributed by atoms with Gasteiger partial charge >= 0.3 is 0 Å². The summed E-state index contributed by atoms with van der Waals surface area (Å²) in [5, 5.41) is 3.96. The largest absolute Gasteiger partial charge is 0.347 e. The van der Waals surface area contributed by atoms with Gasteiger partial charge in [0, 0.05) is 17.5 Å². The van der Waals surface area contributed by atoms with Crippen LogP contribution in [0.2, 0.25) is 0 Å². The van der Waals surface area contributed by atoms with E-state index in [1.165, 1.54) is 4.88 Å². The standard InChI is InChI=1S/C13H23N3OS/c1-4-11-8-15-13(18-11)10(3)16-12(17)6-5-9(2)7-14/h8-10H,4-7,14H2,1-3H3,(H,16,17). The summed E-state index contributed by atoms with van der Waals surface area (Å²) in [6.45, 7) is 6.78. The SMILES string of the molecule is CCc1cnc(C(C)NC(=O)CCC(C)CN)s1. The fourth-order valence-corrected chi connectivity index (χ4v) is 2.42. The number of carbonyl (C=O) groups excluding carboxylic acids is 1. The first-order valence-electron chi connectivity index (χ1n) is 6.50. The number of carbonyl (C=O) groups is 1. The Kier molecular flexibility index (Phi) is 6.29. The van der Waals surface area contributed by atoms with E-state index in [9.17, 15) is 4.79 Å². The third-order valence-corrected chi connectivity index (χ3v) is 4.26. The molecule has 0 aliphatic carbocycles. The number of amides is 1. The van der Waals surface area contributed by atoms with E-state index in [2.05, 4.69) is 24.1 Å². The molecule has 102 valence electrons. The zero-order valence-electron chi connectivity index (χ0n) is 11.4. The quantitative estimate of drug-likeness (QED) is 0.798. The van der Waals surface area contributed by atoms with Gasteiger partial charge in [-0.2, -0.15) is 0 Å². The monoisotopic (exact) mass is 269 g/mol. The van der Waals surface area contributed by atoms with E-state index < -0.39 is 0 Å². The highest BCUT2D eigenvalue weighted by Crippen LogP contribution is 2.20. The van der Waals surface area contributed by atoms with Crippen molar-refractivity contribution in [3.63, 3.8) is 0 Å². The Morgan fingerprint density at radius 1 is 1.56 bits per heavy atom. The third kappa shape index (κ3) is 4.74. The molecule has 1 aromatic heterocycles. The molecule has 0 spiro atoms. The van der Waals surface area contributed by atoms with Crippen molar-refractivity contribution in [2.45, 2.75) is 46.1 Å². The first-order chi connectivity index (χ1) is 8.56. The minimum atomic E-state index is -0.00372. The molecule has 2 atom stereocenters. The van der Waals surface area contributed by atoms with Gasteiger partial charge in [-0.1, -0.05) is 13.8 Å². The molecule has 1 aromatic rings. The van der Waals surface area contributed by atoms with Gasteiger partial charge in [-0.25, -0.2) is 4.98 Å². The van der Waals surface area contributed by atoms with Crippen molar-refractivity contribution >= 4 is 17.2 Å². The number of nitrogens with two attached hydrogens (primary N) is 1. The second-order valence-corrected chi connectivity index (χ2v) is 5.83. The summed E-state index contributed by atoms with van der Waals surface area (Å²) in [6, 6.07) is -0.00372. The van der Waals surface area contributed by atoms with Crippen LogP contribution < -0.4 is 11.1 Å². The highest BCUT2D eigenvalue weighted by molar-refractivity contribution is 7.11. The van der Waals surface area contributed by atoms with Crippen molar-refractivity contribution in [1.29, 1.82) is 0 Å². The maximum absolute atomic E-state index is 11.7. The van der Waals surface area contributed by atoms with Crippen LogP contribution in [0.25, 0.3) is 0 Å². The summed E-state index contributed by atoms with van der Waals surface area (Å²) in [5.41, 5.74) is 5.53. The Bertz CT molecular complexity index is 378. The molecule has 0 aliphatic rings. The summed E-state index contributed by atoms with van der Waals surface area (Å²) < 4.78 is 0. The highest BCUT2D eigenvalue weighted by atomic mass is 32.1. The van der Waals surface area contributed by atoms with Gasteiger partial charge in [-0.05, 0) is 32.2 Å². The average molecular weight is 269 g/mol. The minimum absolute atomic E-state index is 0.00372. The molecule has 1 rings (SSSR count). The smallest absolute Gasteiger partial charge is 0.220 e. The molecule has 0 saturated carbocycles. The van der Waals surface area contributed by atoms with Crippen LogP contribution in [0.3, 0.4) is 0 Å². The lowest BCUT2D eigenvalue weighted by Crippen LogP contribution is -2.27. The maximum atomic E-state index is 11.7. The number of aryl methyl sites for hydroxylation is 1. The molecule has 2 unspecified atom stereocenters. The van der Waals surface area contributed by atoms with Gasteiger partial charge in [0.05, 0.1) is 6.04 Å². The molecule has 18 heavy (non-hydrogen) atoms. The Morgan fingerprint density at radius 3 is 2.83 bits per heavy atom. The van der Waals surface area contributed by atoms with Gasteiger partial charge in [0.15, 0.2) is 0 Å². The Morgan fingerprint density at radius 2 is 2.28 bits per heavy atom. The molecular weight excluding hydrogens is 246 g/mol. The summed E-state index contributed by atoms with van der Waals surface area (Å²) in [7, 11) is 0. The molecule has 4 nitrogen and oxygen atoms in total. The number of aromatic nitrogens is 1. The second kappa shape index (κ2) is 7.48. The van der Waals surface area contributed by atoms with Crippen molar-refractivity contribution in [2.24, 2.45) is 11.7 Å². The van der Waals surface area contributed by atoms with Gasteiger partial charge in [-0.15, -0.1) is 11.3 Å². The maximum Gasteiger partial charge on any atom is 0.220 e. The van der Waals surface area contributed by atoms with Crippen molar-refractivity contribution in [2.75, 3.05) is 6.54 Å². The number of hydrogen-bond acceptors (Lipinski definition) is 4. The van der Waals surface area contributed by atoms with Crippen molar-refractivity contribution in [3.05, 3.63) is 16.1 Å². The Balaban J connectivity index is 2.39. The van der Waals surface area contributed by atoms with E-state index in [1.54, 1.807) is 11.3 Å². The molecule has 1 heterocycles. The molecule has 0 saturated heterocycles. The summed E-state index contributed by atoms with van der Waals surface area (Å²) >= 11 is 1.67. The molecular formula is C13H23N3OS. The Labute approximate surface area is 113 Å². The summed E-state index contributed by atoms with van der Waals surface area (Å²) in [5.74, 6) is 0.480. The molecule has 0 bridgehead atoms. The van der Waals surface area contributed by atoms with Crippen LogP contribution in [0.1, 0.15) is 49.5 Å². The van der Waals surface area contributed by atoms with E-state index in [0.29, 0.717) is 18.9 Å². The molecule has 5 heteroatoms. The predicted octanol–water partition coefficient (Wildman–Crippen LogP) is 2.26. The van der Waals surface area contributed by atoms with Crippen LogP contribution in [0.4, 0.5) is 0 Å². The molecule has 0 aromatic carbocycles. The number of thiazole rings is 1. The van der Waals surface area contributed by atoms with Crippen molar-refractivity contribution in [1.82, 2.24) is 10.3 Å². The zero-order valence-corrected chi connectivity index (χ0v) is 12.2. The van der Waals surface area contributed by atoms with Gasteiger partial charge in [0.25, 0.3) is 0 Å². The van der Waals surface area contributed by atoms with Crippen LogP contribution in [0.15, 0.2) is 6.20 Å². The van der Waals surface area contributed by atoms with Crippen LogP contribution in [0.5, 0.6) is 0 Å². The Hall–Kier alpha value is -0.940. The van der Waals surface area contributed by atoms with Gasteiger partial charge in [-0.3, -0.25) is 4.79 Å². The van der Waals surface area contributed by atoms with E-state index >= 15 is 0 Å². The van der Waals surface area contributed by atoms with E-state index in [1.807, 2.05) is 13.1 Å². The molecule has 0 aliphatic heterocycles. The second-order valence-electron chi connectivity index (χ2n) is 4.69. The number of nitrogens with zero attached hydrogens (tertiary/aromatic N) is 1. The lowest BCUT2D eigenvalue weighted by Gasteiger charge is -2.12. The molecule has 0 fully saturated rings.